The number of nitrogens with one attached hydrogen (secondary N) is 1. The Morgan fingerprint density at radius 2 is 2.05 bits per heavy atom. The second-order valence-electron chi connectivity index (χ2n) is 4.94. The van der Waals surface area contributed by atoms with Crippen LogP contribution >= 0.6 is 0 Å². The van der Waals surface area contributed by atoms with Crippen LogP contribution in [0.5, 0.6) is 0 Å². The maximum Gasteiger partial charge on any atom is 0.0645 e. The van der Waals surface area contributed by atoms with Gasteiger partial charge in [0.15, 0.2) is 0 Å². The van der Waals surface area contributed by atoms with Crippen LogP contribution in [0, 0.1) is 13.8 Å². The Morgan fingerprint density at radius 1 is 1.26 bits per heavy atom. The zero-order valence-corrected chi connectivity index (χ0v) is 12.4. The van der Waals surface area contributed by atoms with Gasteiger partial charge in [0.2, 0.25) is 0 Å². The zero-order chi connectivity index (χ0) is 13.8. The summed E-state index contributed by atoms with van der Waals surface area (Å²) in [5, 5.41) is 4.57. The minimum atomic E-state index is 0.777. The largest absolute Gasteiger partial charge is 0.380 e. The van der Waals surface area contributed by atoms with Crippen LogP contribution < -0.4 is 5.32 Å². The van der Waals surface area contributed by atoms with Gasteiger partial charge in [-0.3, -0.25) is 0 Å². The molecule has 1 heterocycles. The fourth-order valence-corrected chi connectivity index (χ4v) is 2.60. The Morgan fingerprint density at radius 3 is 2.74 bits per heavy atom. The highest BCUT2D eigenvalue weighted by Crippen LogP contribution is 2.26. The lowest BCUT2D eigenvalue weighted by Gasteiger charge is -2.08. The molecule has 0 bridgehead atoms. The summed E-state index contributed by atoms with van der Waals surface area (Å²) >= 11 is 0. The lowest BCUT2D eigenvalue weighted by atomic mass is 10.1. The van der Waals surface area contributed by atoms with Gasteiger partial charge in [0.25, 0.3) is 0 Å². The zero-order valence-electron chi connectivity index (χ0n) is 12.4. The van der Waals surface area contributed by atoms with Crippen LogP contribution in [0.2, 0.25) is 0 Å². The van der Waals surface area contributed by atoms with Crippen LogP contribution in [0.3, 0.4) is 0 Å². The van der Waals surface area contributed by atoms with Crippen molar-refractivity contribution in [2.24, 2.45) is 0 Å². The average Bonchev–Trinajstić information content (AvgIpc) is 2.64. The molecule has 0 radical (unpaired) electrons. The van der Waals surface area contributed by atoms with E-state index in [2.05, 4.69) is 41.9 Å². The smallest absolute Gasteiger partial charge is 0.0645 e. The molecule has 0 aliphatic heterocycles. The molecule has 0 spiro atoms. The van der Waals surface area contributed by atoms with Crippen LogP contribution in [0.1, 0.15) is 23.7 Å². The molecule has 1 aromatic heterocycles. The first-order valence-corrected chi connectivity index (χ1v) is 6.99. The van der Waals surface area contributed by atoms with E-state index in [-0.39, 0.29) is 0 Å². The van der Waals surface area contributed by atoms with Gasteiger partial charge in [-0.25, -0.2) is 0 Å². The van der Waals surface area contributed by atoms with Crippen LogP contribution in [0.15, 0.2) is 18.2 Å². The molecule has 0 saturated carbocycles. The molecule has 0 aliphatic carbocycles. The molecule has 1 N–H and O–H groups in total. The van der Waals surface area contributed by atoms with Gasteiger partial charge >= 0.3 is 0 Å². The molecule has 0 unspecified atom stereocenters. The lowest BCUT2D eigenvalue weighted by Crippen LogP contribution is -2.07. The third-order valence-electron chi connectivity index (χ3n) is 3.75. The lowest BCUT2D eigenvalue weighted by molar-refractivity contribution is 0.139. The number of rotatable bonds is 6. The van der Waals surface area contributed by atoms with Crippen LogP contribution in [-0.2, 0) is 17.8 Å². The monoisotopic (exact) mass is 260 g/mol. The molecule has 0 fully saturated rings. The summed E-state index contributed by atoms with van der Waals surface area (Å²) in [7, 11) is 1.98. The Labute approximate surface area is 115 Å². The summed E-state index contributed by atoms with van der Waals surface area (Å²) in [5.74, 6) is 0. The summed E-state index contributed by atoms with van der Waals surface area (Å²) in [6.45, 7) is 9.84. The first-order chi connectivity index (χ1) is 9.19. The Balaban J connectivity index is 2.38. The predicted molar refractivity (Wildman–Crippen MR) is 80.7 cm³/mol. The number of benzene rings is 1. The quantitative estimate of drug-likeness (QED) is 0.808. The van der Waals surface area contributed by atoms with Crippen molar-refractivity contribution in [2.45, 2.75) is 33.9 Å². The van der Waals surface area contributed by atoms with E-state index < -0.39 is 0 Å². The van der Waals surface area contributed by atoms with Gasteiger partial charge in [-0.2, -0.15) is 0 Å². The minimum absolute atomic E-state index is 0.777. The van der Waals surface area contributed by atoms with Crippen molar-refractivity contribution in [1.29, 1.82) is 0 Å². The van der Waals surface area contributed by atoms with Crippen LogP contribution in [0.25, 0.3) is 10.9 Å². The Bertz CT molecular complexity index is 557. The fourth-order valence-electron chi connectivity index (χ4n) is 2.60. The predicted octanol–water partition coefficient (Wildman–Crippen LogP) is 3.01. The fraction of sp³-hybridized carbons (Fsp3) is 0.500. The maximum atomic E-state index is 5.48. The van der Waals surface area contributed by atoms with Gasteiger partial charge in [-0.1, -0.05) is 6.07 Å². The standard InChI is InChI=1S/C16H24N2O/c1-5-19-9-8-18-13(3)12(2)15-10-14(11-17-4)6-7-16(15)18/h6-7,10,17H,5,8-9,11H2,1-4H3. The third kappa shape index (κ3) is 2.82. The maximum absolute atomic E-state index is 5.48. The second kappa shape index (κ2) is 6.22. The third-order valence-corrected chi connectivity index (χ3v) is 3.75. The number of fused-ring (bicyclic) bond motifs is 1. The van der Waals surface area contributed by atoms with E-state index in [4.69, 9.17) is 4.74 Å². The van der Waals surface area contributed by atoms with E-state index in [1.54, 1.807) is 0 Å². The normalized spacial score (nSPS) is 11.4. The number of ether oxygens (including phenoxy) is 1. The molecule has 104 valence electrons. The number of aryl methyl sites for hydroxylation is 1. The molecular weight excluding hydrogens is 236 g/mol. The summed E-state index contributed by atoms with van der Waals surface area (Å²) < 4.78 is 7.85. The average molecular weight is 260 g/mol. The highest BCUT2D eigenvalue weighted by molar-refractivity contribution is 5.86. The van der Waals surface area contributed by atoms with E-state index in [1.807, 2.05) is 14.0 Å². The van der Waals surface area contributed by atoms with Crippen LogP contribution in [-0.4, -0.2) is 24.8 Å². The van der Waals surface area contributed by atoms with Gasteiger partial charge in [-0.05, 0) is 51.1 Å². The van der Waals surface area contributed by atoms with Crippen molar-refractivity contribution in [1.82, 2.24) is 9.88 Å². The van der Waals surface area contributed by atoms with Crippen molar-refractivity contribution < 1.29 is 4.74 Å². The number of hydrogen-bond acceptors (Lipinski definition) is 2. The molecule has 0 saturated heterocycles. The molecular formula is C16H24N2O. The molecule has 2 aromatic rings. The molecule has 3 nitrogen and oxygen atoms in total. The number of nitrogens with zero attached hydrogens (tertiary/aromatic N) is 1. The van der Waals surface area contributed by atoms with E-state index in [1.165, 1.54) is 27.7 Å². The Kier molecular flexibility index (Phi) is 4.61. The second-order valence-corrected chi connectivity index (χ2v) is 4.94. The summed E-state index contributed by atoms with van der Waals surface area (Å²) in [6.07, 6.45) is 0. The number of aromatic nitrogens is 1. The van der Waals surface area contributed by atoms with Gasteiger partial charge < -0.3 is 14.6 Å². The van der Waals surface area contributed by atoms with Crippen molar-refractivity contribution in [2.75, 3.05) is 20.3 Å². The van der Waals surface area contributed by atoms with Gasteiger partial charge in [-0.15, -0.1) is 0 Å². The topological polar surface area (TPSA) is 26.2 Å². The van der Waals surface area contributed by atoms with Crippen molar-refractivity contribution in [3.05, 3.63) is 35.0 Å². The minimum Gasteiger partial charge on any atom is -0.380 e. The van der Waals surface area contributed by atoms with Gasteiger partial charge in [0.1, 0.15) is 0 Å². The van der Waals surface area contributed by atoms with Crippen LogP contribution in [0.4, 0.5) is 0 Å². The van der Waals surface area contributed by atoms with Crippen molar-refractivity contribution in [3.8, 4) is 0 Å². The molecule has 0 aliphatic rings. The van der Waals surface area contributed by atoms with E-state index in [9.17, 15) is 0 Å². The first kappa shape index (κ1) is 14.1. The van der Waals surface area contributed by atoms with Crippen molar-refractivity contribution >= 4 is 10.9 Å². The summed E-state index contributed by atoms with van der Waals surface area (Å²) in [6, 6.07) is 6.73. The van der Waals surface area contributed by atoms with E-state index in [0.717, 1.165) is 26.3 Å². The first-order valence-electron chi connectivity index (χ1n) is 6.99. The van der Waals surface area contributed by atoms with Crippen molar-refractivity contribution in [3.63, 3.8) is 0 Å². The van der Waals surface area contributed by atoms with E-state index in [0.29, 0.717) is 0 Å². The van der Waals surface area contributed by atoms with E-state index >= 15 is 0 Å². The molecule has 1 aromatic carbocycles. The molecule has 19 heavy (non-hydrogen) atoms. The van der Waals surface area contributed by atoms with Gasteiger partial charge in [0.05, 0.1) is 6.61 Å². The summed E-state index contributed by atoms with van der Waals surface area (Å²) in [5.41, 5.74) is 5.37. The SMILES string of the molecule is CCOCCn1c(C)c(C)c2cc(CNC)ccc21. The highest BCUT2D eigenvalue weighted by Gasteiger charge is 2.10. The van der Waals surface area contributed by atoms with Gasteiger partial charge in [0, 0.05) is 36.3 Å². The molecule has 2 rings (SSSR count). The Hall–Kier alpha value is -1.32. The molecule has 0 atom stereocenters. The summed E-state index contributed by atoms with van der Waals surface area (Å²) in [4.78, 5) is 0. The highest BCUT2D eigenvalue weighted by atomic mass is 16.5. The number of hydrogen-bond donors (Lipinski definition) is 1. The molecule has 0 amide bonds. The molecule has 3 heteroatoms.